The van der Waals surface area contributed by atoms with Gasteiger partial charge in [-0.3, -0.25) is 4.79 Å². The molecule has 1 aromatic heterocycles. The number of aryl methyl sites for hydroxylation is 1. The van der Waals surface area contributed by atoms with Gasteiger partial charge in [0.15, 0.2) is 5.78 Å². The van der Waals surface area contributed by atoms with Crippen molar-refractivity contribution < 1.29 is 4.79 Å². The van der Waals surface area contributed by atoms with Crippen molar-refractivity contribution in [2.24, 2.45) is 5.73 Å². The molecule has 3 heteroatoms. The van der Waals surface area contributed by atoms with E-state index >= 15 is 0 Å². The number of rotatable bonds is 3. The first-order valence-electron chi connectivity index (χ1n) is 4.26. The highest BCUT2D eigenvalue weighted by molar-refractivity contribution is 7.10. The van der Waals surface area contributed by atoms with Crippen LogP contribution in [0, 0.1) is 6.92 Å². The number of thiophene rings is 1. The van der Waals surface area contributed by atoms with E-state index in [1.807, 2.05) is 32.2 Å². The summed E-state index contributed by atoms with van der Waals surface area (Å²) in [6.07, 6.45) is 0.407. The van der Waals surface area contributed by atoms with Crippen LogP contribution in [-0.4, -0.2) is 11.3 Å². The van der Waals surface area contributed by atoms with Gasteiger partial charge < -0.3 is 5.73 Å². The molecular formula is C10H15NOS. The maximum atomic E-state index is 11.7. The van der Waals surface area contributed by atoms with Crippen molar-refractivity contribution in [2.75, 3.05) is 0 Å². The fraction of sp³-hybridized carbons (Fsp3) is 0.500. The third-order valence-corrected chi connectivity index (χ3v) is 2.62. The van der Waals surface area contributed by atoms with Gasteiger partial charge in [0, 0.05) is 22.4 Å². The van der Waals surface area contributed by atoms with Crippen molar-refractivity contribution in [1.29, 1.82) is 0 Å². The van der Waals surface area contributed by atoms with Gasteiger partial charge in [-0.15, -0.1) is 11.3 Å². The smallest absolute Gasteiger partial charge is 0.165 e. The molecule has 72 valence electrons. The molecule has 0 fully saturated rings. The Morgan fingerprint density at radius 3 is 2.62 bits per heavy atom. The SMILES string of the molecule is Cc1sccc1C(=O)CC(C)(C)N. The van der Waals surface area contributed by atoms with Gasteiger partial charge in [0.05, 0.1) is 0 Å². The normalized spacial score (nSPS) is 11.7. The highest BCUT2D eigenvalue weighted by atomic mass is 32.1. The quantitative estimate of drug-likeness (QED) is 0.756. The van der Waals surface area contributed by atoms with Crippen LogP contribution >= 0.6 is 11.3 Å². The second-order valence-electron chi connectivity index (χ2n) is 3.98. The predicted octanol–water partition coefficient (Wildman–Crippen LogP) is 2.37. The fourth-order valence-electron chi connectivity index (χ4n) is 1.18. The summed E-state index contributed by atoms with van der Waals surface area (Å²) in [6.45, 7) is 5.70. The van der Waals surface area contributed by atoms with E-state index in [9.17, 15) is 4.79 Å². The summed E-state index contributed by atoms with van der Waals surface area (Å²) in [5, 5.41) is 1.94. The lowest BCUT2D eigenvalue weighted by molar-refractivity contribution is 0.0960. The third kappa shape index (κ3) is 2.94. The molecule has 0 unspecified atom stereocenters. The fourth-order valence-corrected chi connectivity index (χ4v) is 1.90. The van der Waals surface area contributed by atoms with Crippen LogP contribution in [0.4, 0.5) is 0 Å². The van der Waals surface area contributed by atoms with E-state index in [1.165, 1.54) is 0 Å². The molecule has 0 spiro atoms. The maximum Gasteiger partial charge on any atom is 0.165 e. The summed E-state index contributed by atoms with van der Waals surface area (Å²) in [5.74, 6) is 0.145. The average molecular weight is 197 g/mol. The maximum absolute atomic E-state index is 11.7. The summed E-state index contributed by atoms with van der Waals surface area (Å²) < 4.78 is 0. The second-order valence-corrected chi connectivity index (χ2v) is 5.10. The molecule has 0 saturated carbocycles. The third-order valence-electron chi connectivity index (χ3n) is 1.78. The summed E-state index contributed by atoms with van der Waals surface area (Å²) in [5.41, 5.74) is 6.19. The molecule has 0 aliphatic rings. The van der Waals surface area contributed by atoms with Gasteiger partial charge in [0.25, 0.3) is 0 Å². The first kappa shape index (κ1) is 10.4. The zero-order chi connectivity index (χ0) is 10.1. The lowest BCUT2D eigenvalue weighted by Crippen LogP contribution is -2.34. The topological polar surface area (TPSA) is 43.1 Å². The predicted molar refractivity (Wildman–Crippen MR) is 56.3 cm³/mol. The summed E-state index contributed by atoms with van der Waals surface area (Å²) in [4.78, 5) is 12.7. The minimum absolute atomic E-state index is 0.145. The van der Waals surface area contributed by atoms with Crippen LogP contribution in [0.1, 0.15) is 35.5 Å². The number of Topliss-reactive ketones (excluding diaryl/α,β-unsaturated/α-hetero) is 1. The zero-order valence-corrected chi connectivity index (χ0v) is 9.07. The lowest BCUT2D eigenvalue weighted by Gasteiger charge is -2.16. The molecule has 13 heavy (non-hydrogen) atoms. The summed E-state index contributed by atoms with van der Waals surface area (Å²) in [6, 6.07) is 1.87. The zero-order valence-electron chi connectivity index (χ0n) is 8.26. The van der Waals surface area contributed by atoms with Crippen molar-refractivity contribution in [1.82, 2.24) is 0 Å². The Kier molecular flexibility index (Phi) is 2.88. The number of hydrogen-bond donors (Lipinski definition) is 1. The number of ketones is 1. The van der Waals surface area contributed by atoms with Crippen LogP contribution in [0.15, 0.2) is 11.4 Å². The minimum atomic E-state index is -0.411. The van der Waals surface area contributed by atoms with Crippen LogP contribution in [0.2, 0.25) is 0 Å². The van der Waals surface area contributed by atoms with Crippen LogP contribution in [0.25, 0.3) is 0 Å². The standard InChI is InChI=1S/C10H15NOS/c1-7-8(4-5-13-7)9(12)6-10(2,3)11/h4-5H,6,11H2,1-3H3. The molecule has 0 aliphatic heterocycles. The summed E-state index contributed by atoms with van der Waals surface area (Å²) in [7, 11) is 0. The van der Waals surface area contributed by atoms with E-state index in [1.54, 1.807) is 11.3 Å². The van der Waals surface area contributed by atoms with Crippen LogP contribution in [0.5, 0.6) is 0 Å². The first-order valence-corrected chi connectivity index (χ1v) is 5.14. The molecule has 0 bridgehead atoms. The molecule has 0 saturated heterocycles. The van der Waals surface area contributed by atoms with Crippen LogP contribution in [0.3, 0.4) is 0 Å². The molecule has 1 aromatic rings. The molecular weight excluding hydrogens is 182 g/mol. The Morgan fingerprint density at radius 2 is 2.23 bits per heavy atom. The highest BCUT2D eigenvalue weighted by Gasteiger charge is 2.19. The van der Waals surface area contributed by atoms with E-state index in [2.05, 4.69) is 0 Å². The van der Waals surface area contributed by atoms with E-state index < -0.39 is 5.54 Å². The molecule has 2 nitrogen and oxygen atoms in total. The number of nitrogens with two attached hydrogens (primary N) is 1. The van der Waals surface area contributed by atoms with Gasteiger partial charge in [-0.1, -0.05) is 0 Å². The Morgan fingerprint density at radius 1 is 1.62 bits per heavy atom. The van der Waals surface area contributed by atoms with E-state index in [0.717, 1.165) is 10.4 Å². The van der Waals surface area contributed by atoms with E-state index in [4.69, 9.17) is 5.73 Å². The lowest BCUT2D eigenvalue weighted by atomic mass is 9.96. The van der Waals surface area contributed by atoms with Crippen LogP contribution in [-0.2, 0) is 0 Å². The Bertz CT molecular complexity index is 309. The van der Waals surface area contributed by atoms with Gasteiger partial charge in [-0.2, -0.15) is 0 Å². The van der Waals surface area contributed by atoms with Crippen molar-refractivity contribution in [2.45, 2.75) is 32.7 Å². The van der Waals surface area contributed by atoms with Crippen LogP contribution < -0.4 is 5.73 Å². The number of carbonyl (C=O) groups excluding carboxylic acids is 1. The monoisotopic (exact) mass is 197 g/mol. The van der Waals surface area contributed by atoms with Gasteiger partial charge in [-0.25, -0.2) is 0 Å². The molecule has 0 radical (unpaired) electrons. The molecule has 0 aromatic carbocycles. The Labute approximate surface area is 82.8 Å². The van der Waals surface area contributed by atoms with E-state index in [0.29, 0.717) is 6.42 Å². The second kappa shape index (κ2) is 3.60. The molecule has 2 N–H and O–H groups in total. The Hall–Kier alpha value is -0.670. The molecule has 0 atom stereocenters. The molecule has 1 rings (SSSR count). The minimum Gasteiger partial charge on any atom is -0.325 e. The van der Waals surface area contributed by atoms with Gasteiger partial charge >= 0.3 is 0 Å². The first-order chi connectivity index (χ1) is 5.90. The van der Waals surface area contributed by atoms with Gasteiger partial charge in [-0.05, 0) is 32.2 Å². The van der Waals surface area contributed by atoms with Crippen molar-refractivity contribution >= 4 is 17.1 Å². The summed E-state index contributed by atoms with van der Waals surface area (Å²) >= 11 is 1.60. The average Bonchev–Trinajstić information content (AvgIpc) is 2.30. The highest BCUT2D eigenvalue weighted by Crippen LogP contribution is 2.19. The van der Waals surface area contributed by atoms with Crippen molar-refractivity contribution in [3.05, 3.63) is 21.9 Å². The van der Waals surface area contributed by atoms with Gasteiger partial charge in [0.2, 0.25) is 0 Å². The van der Waals surface area contributed by atoms with Crippen molar-refractivity contribution in [3.63, 3.8) is 0 Å². The number of hydrogen-bond acceptors (Lipinski definition) is 3. The van der Waals surface area contributed by atoms with Gasteiger partial charge in [0.1, 0.15) is 0 Å². The van der Waals surface area contributed by atoms with Crippen molar-refractivity contribution in [3.8, 4) is 0 Å². The largest absolute Gasteiger partial charge is 0.325 e. The molecule has 1 heterocycles. The molecule has 0 amide bonds. The number of carbonyl (C=O) groups is 1. The Balaban J connectivity index is 2.76. The van der Waals surface area contributed by atoms with E-state index in [-0.39, 0.29) is 5.78 Å². The molecule has 0 aliphatic carbocycles.